The minimum atomic E-state index is -0.467. The van der Waals surface area contributed by atoms with Gasteiger partial charge in [0.1, 0.15) is 0 Å². The van der Waals surface area contributed by atoms with Gasteiger partial charge in [-0.25, -0.2) is 14.7 Å². The van der Waals surface area contributed by atoms with Crippen LogP contribution in [-0.2, 0) is 11.3 Å². The highest BCUT2D eigenvalue weighted by Gasteiger charge is 2.25. The maximum Gasteiger partial charge on any atom is 0.254 e. The second-order valence-corrected chi connectivity index (χ2v) is 8.58. The van der Waals surface area contributed by atoms with E-state index < -0.39 is 5.92 Å². The molecule has 170 valence electrons. The molecule has 1 atom stereocenters. The van der Waals surface area contributed by atoms with E-state index in [1.54, 1.807) is 23.9 Å². The molecule has 0 radical (unpaired) electrons. The number of dihydropyridines is 1. The molecular weight excluding hydrogens is 416 g/mol. The summed E-state index contributed by atoms with van der Waals surface area (Å²) >= 11 is 0. The SMILES string of the molecule is CC1=CC(C)=NC(=O)C1CNC(=O)c1cc(-c2ccccc2CN)nc2c1cnn2C(C)C. The van der Waals surface area contributed by atoms with E-state index in [1.807, 2.05) is 51.1 Å². The monoisotopic (exact) mass is 444 g/mol. The van der Waals surface area contributed by atoms with Crippen LogP contribution in [0.2, 0.25) is 0 Å². The van der Waals surface area contributed by atoms with Crippen molar-refractivity contribution >= 4 is 28.6 Å². The number of aliphatic imine (C=N–C) groups is 1. The van der Waals surface area contributed by atoms with Crippen molar-refractivity contribution in [1.29, 1.82) is 0 Å². The third-order valence-corrected chi connectivity index (χ3v) is 5.85. The van der Waals surface area contributed by atoms with Gasteiger partial charge in [-0.15, -0.1) is 0 Å². The lowest BCUT2D eigenvalue weighted by Crippen LogP contribution is -2.34. The summed E-state index contributed by atoms with van der Waals surface area (Å²) < 4.78 is 1.80. The third kappa shape index (κ3) is 4.34. The highest BCUT2D eigenvalue weighted by Crippen LogP contribution is 2.28. The van der Waals surface area contributed by atoms with Crippen molar-refractivity contribution in [2.75, 3.05) is 6.54 Å². The molecule has 1 unspecified atom stereocenters. The molecule has 3 aromatic rings. The second-order valence-electron chi connectivity index (χ2n) is 8.58. The van der Waals surface area contributed by atoms with E-state index in [1.165, 1.54) is 0 Å². The number of allylic oxidation sites excluding steroid dienone is 1. The number of fused-ring (bicyclic) bond motifs is 1. The molecular formula is C25H28N6O2. The van der Waals surface area contributed by atoms with Crippen molar-refractivity contribution in [2.45, 2.75) is 40.3 Å². The Labute approximate surface area is 192 Å². The summed E-state index contributed by atoms with van der Waals surface area (Å²) in [5, 5.41) is 8.05. The number of carbonyl (C=O) groups is 2. The molecule has 3 heterocycles. The van der Waals surface area contributed by atoms with Gasteiger partial charge >= 0.3 is 0 Å². The predicted octanol–water partition coefficient (Wildman–Crippen LogP) is 3.43. The zero-order valence-electron chi connectivity index (χ0n) is 19.3. The van der Waals surface area contributed by atoms with Crippen molar-refractivity contribution in [3.05, 3.63) is 59.3 Å². The highest BCUT2D eigenvalue weighted by molar-refractivity contribution is 6.08. The Morgan fingerprint density at radius 1 is 1.24 bits per heavy atom. The molecule has 4 rings (SSSR count). The number of amides is 2. The van der Waals surface area contributed by atoms with Gasteiger partial charge in [-0.3, -0.25) is 9.59 Å². The molecule has 1 aromatic carbocycles. The Morgan fingerprint density at radius 2 is 2.00 bits per heavy atom. The largest absolute Gasteiger partial charge is 0.351 e. The van der Waals surface area contributed by atoms with Crippen LogP contribution in [0, 0.1) is 5.92 Å². The van der Waals surface area contributed by atoms with E-state index in [0.29, 0.717) is 34.5 Å². The van der Waals surface area contributed by atoms with Gasteiger partial charge in [0.25, 0.3) is 11.8 Å². The molecule has 8 heteroatoms. The van der Waals surface area contributed by atoms with E-state index in [-0.39, 0.29) is 24.4 Å². The molecule has 0 fully saturated rings. The quantitative estimate of drug-likeness (QED) is 0.604. The van der Waals surface area contributed by atoms with E-state index in [0.717, 1.165) is 16.7 Å². The highest BCUT2D eigenvalue weighted by atomic mass is 16.2. The van der Waals surface area contributed by atoms with E-state index in [9.17, 15) is 9.59 Å². The van der Waals surface area contributed by atoms with Crippen LogP contribution in [0.5, 0.6) is 0 Å². The maximum atomic E-state index is 13.3. The molecule has 33 heavy (non-hydrogen) atoms. The Kier molecular flexibility index (Phi) is 6.20. The fourth-order valence-corrected chi connectivity index (χ4v) is 4.12. The minimum Gasteiger partial charge on any atom is -0.351 e. The number of hydrogen-bond donors (Lipinski definition) is 2. The fraction of sp³-hybridized carbons (Fsp3) is 0.320. The number of hydrogen-bond acceptors (Lipinski definition) is 5. The lowest BCUT2D eigenvalue weighted by Gasteiger charge is -2.19. The molecule has 2 aromatic heterocycles. The summed E-state index contributed by atoms with van der Waals surface area (Å²) in [6, 6.07) is 9.59. The van der Waals surface area contributed by atoms with Crippen molar-refractivity contribution in [2.24, 2.45) is 16.6 Å². The summed E-state index contributed by atoms with van der Waals surface area (Å²) in [5.41, 5.74) is 11.1. The Balaban J connectivity index is 1.74. The number of rotatable bonds is 6. The summed E-state index contributed by atoms with van der Waals surface area (Å²) in [7, 11) is 0. The third-order valence-electron chi connectivity index (χ3n) is 5.85. The molecule has 2 amide bonds. The first kappa shape index (κ1) is 22.5. The number of nitrogens with two attached hydrogens (primary N) is 1. The average molecular weight is 445 g/mol. The van der Waals surface area contributed by atoms with Crippen LogP contribution in [0.1, 0.15) is 49.7 Å². The molecule has 0 saturated heterocycles. The standard InChI is InChI=1S/C25H28N6O2/c1-14(2)31-23-21(13-28-31)19(10-22(30-23)18-8-6-5-7-17(18)11-26)24(32)27-12-20-15(3)9-16(4)29-25(20)33/h5-10,13-14,20H,11-12,26H2,1-4H3,(H,27,32). The second kappa shape index (κ2) is 9.07. The zero-order valence-corrected chi connectivity index (χ0v) is 19.3. The van der Waals surface area contributed by atoms with Gasteiger partial charge in [-0.1, -0.05) is 29.8 Å². The average Bonchev–Trinajstić information content (AvgIpc) is 3.21. The first-order chi connectivity index (χ1) is 15.8. The van der Waals surface area contributed by atoms with Crippen molar-refractivity contribution in [3.8, 4) is 11.3 Å². The number of nitrogens with zero attached hydrogens (tertiary/aromatic N) is 4. The van der Waals surface area contributed by atoms with Crippen LogP contribution in [0.25, 0.3) is 22.3 Å². The normalized spacial score (nSPS) is 16.2. The van der Waals surface area contributed by atoms with Gasteiger partial charge in [0.2, 0.25) is 0 Å². The number of aromatic nitrogens is 3. The fourth-order valence-electron chi connectivity index (χ4n) is 4.12. The van der Waals surface area contributed by atoms with Crippen molar-refractivity contribution in [1.82, 2.24) is 20.1 Å². The van der Waals surface area contributed by atoms with Crippen molar-refractivity contribution in [3.63, 3.8) is 0 Å². The topological polar surface area (TPSA) is 115 Å². The molecule has 1 aliphatic heterocycles. The van der Waals surface area contributed by atoms with E-state index in [2.05, 4.69) is 15.4 Å². The van der Waals surface area contributed by atoms with E-state index >= 15 is 0 Å². The van der Waals surface area contributed by atoms with Gasteiger partial charge in [0, 0.05) is 30.4 Å². The summed E-state index contributed by atoms with van der Waals surface area (Å²) in [4.78, 5) is 34.5. The van der Waals surface area contributed by atoms with Gasteiger partial charge in [0.05, 0.1) is 28.8 Å². The van der Waals surface area contributed by atoms with Crippen LogP contribution >= 0.6 is 0 Å². The van der Waals surface area contributed by atoms with Crippen LogP contribution in [-0.4, -0.2) is 38.8 Å². The number of nitrogens with one attached hydrogen (secondary N) is 1. The van der Waals surface area contributed by atoms with Crippen LogP contribution in [0.15, 0.2) is 53.2 Å². The summed E-state index contributed by atoms with van der Waals surface area (Å²) in [6.07, 6.45) is 3.54. The lowest BCUT2D eigenvalue weighted by atomic mass is 9.95. The Morgan fingerprint density at radius 3 is 2.70 bits per heavy atom. The first-order valence-electron chi connectivity index (χ1n) is 11.0. The summed E-state index contributed by atoms with van der Waals surface area (Å²) in [5.74, 6) is -0.993. The lowest BCUT2D eigenvalue weighted by molar-refractivity contribution is -0.120. The number of benzene rings is 1. The Hall–Kier alpha value is -3.65. The first-order valence-corrected chi connectivity index (χ1v) is 11.0. The van der Waals surface area contributed by atoms with E-state index in [4.69, 9.17) is 10.7 Å². The maximum absolute atomic E-state index is 13.3. The molecule has 1 aliphatic rings. The molecule has 0 saturated carbocycles. The van der Waals surface area contributed by atoms with Gasteiger partial charge < -0.3 is 11.1 Å². The number of pyridine rings is 1. The molecule has 0 spiro atoms. The molecule has 0 bridgehead atoms. The smallest absolute Gasteiger partial charge is 0.254 e. The summed E-state index contributed by atoms with van der Waals surface area (Å²) in [6.45, 7) is 8.23. The zero-order chi connectivity index (χ0) is 23.7. The Bertz CT molecular complexity index is 1300. The molecule has 0 aliphatic carbocycles. The van der Waals surface area contributed by atoms with Crippen LogP contribution in [0.3, 0.4) is 0 Å². The molecule has 3 N–H and O–H groups in total. The van der Waals surface area contributed by atoms with Gasteiger partial charge in [-0.2, -0.15) is 5.10 Å². The van der Waals surface area contributed by atoms with Crippen LogP contribution < -0.4 is 11.1 Å². The predicted molar refractivity (Wildman–Crippen MR) is 129 cm³/mol. The van der Waals surface area contributed by atoms with Gasteiger partial charge in [0.15, 0.2) is 5.65 Å². The van der Waals surface area contributed by atoms with Gasteiger partial charge in [-0.05, 0) is 45.4 Å². The molecule has 8 nitrogen and oxygen atoms in total. The minimum absolute atomic E-state index is 0.0691. The van der Waals surface area contributed by atoms with Crippen LogP contribution in [0.4, 0.5) is 0 Å². The van der Waals surface area contributed by atoms with Crippen molar-refractivity contribution < 1.29 is 9.59 Å². The number of carbonyl (C=O) groups excluding carboxylic acids is 2.